The second kappa shape index (κ2) is 58.4. The number of rotatable bonds is 54. The minimum absolute atomic E-state index is 0. The molecule has 0 radical (unpaired) electrons. The van der Waals surface area contributed by atoms with E-state index < -0.39 is 101 Å². The van der Waals surface area contributed by atoms with Crippen molar-refractivity contribution in [2.75, 3.05) is 77.0 Å². The van der Waals surface area contributed by atoms with Crippen LogP contribution in [0.2, 0.25) is 0 Å². The zero-order chi connectivity index (χ0) is 93.9. The molecule has 6 rings (SSSR count). The number of carbonyl (C=O) groups is 12. The number of anilines is 1. The number of likely N-dealkylation sites (tertiary alicyclic amines) is 1. The summed E-state index contributed by atoms with van der Waals surface area (Å²) in [5, 5.41) is 77.4. The molecule has 17 N–H and O–H groups in total. The van der Waals surface area contributed by atoms with Crippen molar-refractivity contribution in [1.29, 1.82) is 0 Å². The van der Waals surface area contributed by atoms with Gasteiger partial charge >= 0.3 is 63.4 Å². The summed E-state index contributed by atoms with van der Waals surface area (Å²) < 4.78 is 16.8. The van der Waals surface area contributed by atoms with Crippen molar-refractivity contribution < 1.29 is 158 Å². The van der Waals surface area contributed by atoms with E-state index in [1.807, 2.05) is 75.4 Å². The fourth-order valence-electron chi connectivity index (χ4n) is 14.8. The molecule has 3 aromatic carbocycles. The van der Waals surface area contributed by atoms with E-state index in [0.29, 0.717) is 108 Å². The Morgan fingerprint density at radius 2 is 1.20 bits per heavy atom. The Labute approximate surface area is 801 Å². The minimum atomic E-state index is -1.59. The number of ether oxygens (including phenoxy) is 1. The fourth-order valence-corrected chi connectivity index (χ4v) is 15.6. The molecule has 3 aromatic rings. The standard InChI is InChI=1S/C62H82N8O15S2.C26H52N8O6.K/c1-11-68-49-29-27-43(86-84-82-80)34-45(49)61(7,8)51(68)20-14-12-15-21-52-62(9,10)46-35-44(87-85-83-81)28-30-50(46)70(52)31-17-13-16-22-53(72)65-47(33-41-23-25-42(71)26-24-41)58(77)67-55(37(2)3)59(78)63-39(5)56(75)66-48(36-54(73)74)57(76)64-40(6)60(79)69-32-18-19-38(69)4;1-19(2)23(33-20(3)35)25(38)34-21(9-4-5-11-27)24(37)30-15-8-14-29-22(36)10-17-40-18-16-32-26(39)31-13-7-6-12-28;/h12,14-15,20-21,23-30,34-35,37-40,47-48,55H,11,13,16-19,22,31-33,36H2,1-10H3,(H8-,63,64,65,66,67,71,72,73,74,75,76,77,78,80,81);19,21,23H,4-18,27-28H2,1-3H3,(H,29,36)(H,30,37)(H,33,35)(H,34,38)(H2,31,32,39);/q;;+1/p-1/t38-,39+,40+,47+,48+,55+;21-,23?;/m10./s1. The number of benzene rings is 3. The molecule has 1 unspecified atom stereocenters. The van der Waals surface area contributed by atoms with Crippen molar-refractivity contribution in [3.05, 3.63) is 113 Å². The first kappa shape index (κ1) is 112. The van der Waals surface area contributed by atoms with E-state index in [9.17, 15) is 78.3 Å². The quantitative estimate of drug-likeness (QED) is 0.00720. The normalized spacial score (nSPS) is 16.1. The molecule has 0 saturated carbocycles. The van der Waals surface area contributed by atoms with Crippen molar-refractivity contribution in [2.45, 2.75) is 255 Å². The molecule has 37 nitrogen and oxygen atoms in total. The number of fused-ring (bicyclic) bond motifs is 2. The van der Waals surface area contributed by atoms with E-state index in [-0.39, 0.29) is 130 Å². The molecule has 0 aromatic heterocycles. The summed E-state index contributed by atoms with van der Waals surface area (Å²) in [5.41, 5.74) is 16.9. The average molecular weight is 1850 g/mol. The second-order valence-electron chi connectivity index (χ2n) is 33.1. The number of unbranched alkanes of at least 4 members (excludes halogenated alkanes) is 4. The van der Waals surface area contributed by atoms with Gasteiger partial charge in [-0.05, 0) is 190 Å². The number of urea groups is 1. The number of carbonyl (C=O) groups excluding carboxylic acids is 11. The van der Waals surface area contributed by atoms with Gasteiger partial charge in [0.1, 0.15) is 54.6 Å². The zero-order valence-corrected chi connectivity index (χ0v) is 81.0. The number of carboxylic acid groups (broad SMARTS) is 1. The first-order valence-corrected chi connectivity index (χ1v) is 44.9. The van der Waals surface area contributed by atoms with Crippen molar-refractivity contribution in [3.63, 3.8) is 0 Å². The molecule has 3 aliphatic heterocycles. The van der Waals surface area contributed by atoms with Crippen LogP contribution < -0.4 is 137 Å². The molecule has 1 fully saturated rings. The molecule has 0 bridgehead atoms. The number of hydrogen-bond acceptors (Lipinski definition) is 25. The summed E-state index contributed by atoms with van der Waals surface area (Å²) in [6.07, 6.45) is 17.0. The maximum absolute atomic E-state index is 14.2. The van der Waals surface area contributed by atoms with Gasteiger partial charge in [-0.1, -0.05) is 71.9 Å². The van der Waals surface area contributed by atoms with Crippen LogP contribution in [-0.4, -0.2) is 217 Å². The molecule has 0 spiro atoms. The van der Waals surface area contributed by atoms with Crippen LogP contribution in [0, 0.1) is 11.8 Å². The Morgan fingerprint density at radius 3 is 1.83 bits per heavy atom. The molecule has 1 saturated heterocycles. The summed E-state index contributed by atoms with van der Waals surface area (Å²) in [4.78, 5) is 159. The third-order valence-corrected chi connectivity index (χ3v) is 22.9. The van der Waals surface area contributed by atoms with Gasteiger partial charge < -0.3 is 105 Å². The Morgan fingerprint density at radius 1 is 0.602 bits per heavy atom. The smallest absolute Gasteiger partial charge is 0.691 e. The summed E-state index contributed by atoms with van der Waals surface area (Å²) >= 11 is 1.67. The van der Waals surface area contributed by atoms with Gasteiger partial charge in [-0.15, -0.1) is 0 Å². The number of hydrogen-bond donors (Lipinski definition) is 15. The van der Waals surface area contributed by atoms with Crippen LogP contribution in [0.1, 0.15) is 197 Å². The molecule has 3 heterocycles. The number of aliphatic carboxylic acids is 1. The number of likely N-dealkylation sites (N-methyl/N-ethyl adjacent to an activating group) is 1. The molecule has 704 valence electrons. The van der Waals surface area contributed by atoms with Gasteiger partial charge in [0, 0.05) is 122 Å². The van der Waals surface area contributed by atoms with E-state index in [4.69, 9.17) is 16.2 Å². The Balaban J connectivity index is 0.000000704. The summed E-state index contributed by atoms with van der Waals surface area (Å²) in [6, 6.07) is 9.72. The molecular weight excluding hydrogens is 1720 g/mol. The van der Waals surface area contributed by atoms with E-state index in [2.05, 4.69) is 133 Å². The number of phenolic OH excluding ortho intramolecular Hbond substituents is 1. The van der Waals surface area contributed by atoms with Crippen LogP contribution >= 0.6 is 24.1 Å². The van der Waals surface area contributed by atoms with Crippen molar-refractivity contribution >= 4 is 112 Å². The van der Waals surface area contributed by atoms with Crippen LogP contribution in [-0.2, 0) is 93.5 Å². The van der Waals surface area contributed by atoms with Gasteiger partial charge in [-0.2, -0.15) is 13.2 Å². The summed E-state index contributed by atoms with van der Waals surface area (Å²) in [6.45, 7) is 28.7. The van der Waals surface area contributed by atoms with Crippen LogP contribution in [0.25, 0.3) is 0 Å². The largest absolute Gasteiger partial charge is 1.00 e. The molecule has 128 heavy (non-hydrogen) atoms. The third-order valence-electron chi connectivity index (χ3n) is 21.8. The molecule has 3 aliphatic rings. The van der Waals surface area contributed by atoms with E-state index >= 15 is 0 Å². The van der Waals surface area contributed by atoms with Crippen molar-refractivity contribution in [1.82, 2.24) is 63.4 Å². The van der Waals surface area contributed by atoms with E-state index in [1.54, 1.807) is 30.9 Å². The van der Waals surface area contributed by atoms with Crippen molar-refractivity contribution in [3.8, 4) is 5.75 Å². The number of allylic oxidation sites excluding steroid dienone is 6. The zero-order valence-electron chi connectivity index (χ0n) is 76.3. The fraction of sp³-hybridized carbons (Fsp3) is 0.580. The van der Waals surface area contributed by atoms with E-state index in [0.717, 1.165) is 102 Å². The maximum Gasteiger partial charge on any atom is 1.00 e. The van der Waals surface area contributed by atoms with Crippen LogP contribution in [0.15, 0.2) is 107 Å². The Hall–Kier alpha value is -8.43. The molecule has 12 amide bonds. The van der Waals surface area contributed by atoms with Gasteiger partial charge in [0.2, 0.25) is 64.8 Å². The van der Waals surface area contributed by atoms with Crippen LogP contribution in [0.3, 0.4) is 0 Å². The molecule has 8 atom stereocenters. The predicted octanol–water partition coefficient (Wildman–Crippen LogP) is 1.28. The topological polar surface area (TPSA) is 531 Å². The number of amides is 12. The number of phenols is 1. The number of nitrogens with zero attached hydrogens (tertiary/aromatic N) is 3. The number of nitrogens with two attached hydrogens (primary N) is 2. The first-order valence-electron chi connectivity index (χ1n) is 43.4. The molecule has 0 aliphatic carbocycles. The second-order valence-corrected chi connectivity index (χ2v) is 34.6. The van der Waals surface area contributed by atoms with Gasteiger partial charge in [0.25, 0.3) is 0 Å². The van der Waals surface area contributed by atoms with Crippen LogP contribution in [0.4, 0.5) is 16.2 Å². The monoisotopic (exact) mass is 1850 g/mol. The average Bonchev–Trinajstić information content (AvgIpc) is 1.59. The van der Waals surface area contributed by atoms with Gasteiger partial charge in [0.05, 0.1) is 49.1 Å². The number of nitrogens with one attached hydrogen (secondary N) is 11. The summed E-state index contributed by atoms with van der Waals surface area (Å²) in [5.74, 6) is -7.30. The van der Waals surface area contributed by atoms with Gasteiger partial charge in [-0.3, -0.25) is 62.8 Å². The first-order chi connectivity index (χ1) is 60.4. The number of aromatic hydroxyl groups is 1. The van der Waals surface area contributed by atoms with Gasteiger partial charge in [-0.25, -0.2) is 4.79 Å². The van der Waals surface area contributed by atoms with E-state index in [1.165, 1.54) is 32.9 Å². The Kier molecular flexibility index (Phi) is 51.0. The Bertz CT molecular complexity index is 4270. The third kappa shape index (κ3) is 37.1. The number of carboxylic acids is 1. The van der Waals surface area contributed by atoms with Crippen molar-refractivity contribution in [2.24, 2.45) is 23.3 Å². The molecule has 40 heteroatoms. The van der Waals surface area contributed by atoms with Gasteiger partial charge in [0.15, 0.2) is 5.71 Å². The van der Waals surface area contributed by atoms with Crippen LogP contribution in [0.5, 0.6) is 5.75 Å². The maximum atomic E-state index is 14.2. The predicted molar refractivity (Wildman–Crippen MR) is 476 cm³/mol. The summed E-state index contributed by atoms with van der Waals surface area (Å²) in [7, 11) is 0. The molecular formula is C88H133KN16O21S2. The minimum Gasteiger partial charge on any atom is -0.691 e. The SMILES string of the molecule is CC(=O)NC(C(=O)N[C@@H](CCCCN)C(=O)NCCCNC(=O)CCOCCNC(=O)NCCCCN)C(C)C.CCN1C(=CC=CC=CC2=[N+](CCCCCC(=O)N[C@@H](Cc3ccc(O)cc3)C(=O)N[C@H](C(=O)N[C@@H](C)C(=O)N[C@@H](CC(=O)O)C(=O)N[C@@H](C)C(=O)N3CCC[C@H]3C)C(C)C)c3ccc(SOO[O-])cc3C2(C)C)C(C)(C)c2cc(SOO[O-])ccc21.[K+].